The predicted molar refractivity (Wildman–Crippen MR) is 122 cm³/mol. The Bertz CT molecular complexity index is 1310. The molecule has 6 rings (SSSR count). The molecule has 1 amide bonds. The number of ether oxygens (including phenoxy) is 1. The first-order chi connectivity index (χ1) is 15.8. The van der Waals surface area contributed by atoms with Gasteiger partial charge in [-0.05, 0) is 35.9 Å². The lowest BCUT2D eigenvalue weighted by Gasteiger charge is -2.29. The summed E-state index contributed by atoms with van der Waals surface area (Å²) in [6.07, 6.45) is 7.17. The molecule has 0 aliphatic carbocycles. The number of hydrogen-bond acceptors (Lipinski definition) is 6. The van der Waals surface area contributed by atoms with Crippen LogP contribution in [0.5, 0.6) is 0 Å². The maximum atomic E-state index is 12.7. The fourth-order valence-electron chi connectivity index (χ4n) is 4.47. The van der Waals surface area contributed by atoms with Crippen LogP contribution in [0.15, 0.2) is 61.2 Å². The highest BCUT2D eigenvalue weighted by Gasteiger charge is 2.27. The summed E-state index contributed by atoms with van der Waals surface area (Å²) in [4.78, 5) is 23.6. The van der Waals surface area contributed by atoms with Crippen LogP contribution < -0.4 is 15.5 Å². The minimum atomic E-state index is -0.0650. The van der Waals surface area contributed by atoms with E-state index < -0.39 is 0 Å². The average molecular weight is 426 g/mol. The number of carbonyl (C=O) groups is 1. The molecule has 2 aliphatic heterocycles. The standard InChI is InChI=1S/C24H22N6O2/c31-24-23-19(13-27-24)18(21-14-26-22-15-25-7-8-30(21)22)5-6-20(23)28-16-1-3-17(4-2-16)29-9-11-32-12-10-29/h1-8,14-15,28H,9-13H2,(H,27,31). The van der Waals surface area contributed by atoms with E-state index in [2.05, 4.69) is 49.8 Å². The smallest absolute Gasteiger partial charge is 0.254 e. The fourth-order valence-corrected chi connectivity index (χ4v) is 4.47. The lowest BCUT2D eigenvalue weighted by Crippen LogP contribution is -2.36. The number of nitrogens with zero attached hydrogens (tertiary/aromatic N) is 4. The number of imidazole rings is 1. The molecular weight excluding hydrogens is 404 g/mol. The van der Waals surface area contributed by atoms with Crippen molar-refractivity contribution in [2.45, 2.75) is 6.54 Å². The van der Waals surface area contributed by atoms with Gasteiger partial charge in [0.15, 0.2) is 5.65 Å². The molecule has 0 saturated carbocycles. The van der Waals surface area contributed by atoms with Crippen molar-refractivity contribution in [3.05, 3.63) is 72.3 Å². The molecule has 8 heteroatoms. The van der Waals surface area contributed by atoms with Crippen molar-refractivity contribution in [2.75, 3.05) is 36.5 Å². The second-order valence-electron chi connectivity index (χ2n) is 7.92. The summed E-state index contributed by atoms with van der Waals surface area (Å²) in [5.41, 5.74) is 7.29. The van der Waals surface area contributed by atoms with Gasteiger partial charge >= 0.3 is 0 Å². The third kappa shape index (κ3) is 3.16. The van der Waals surface area contributed by atoms with Gasteiger partial charge in [-0.15, -0.1) is 0 Å². The van der Waals surface area contributed by atoms with E-state index in [1.165, 1.54) is 5.69 Å². The Kier molecular flexibility index (Phi) is 4.50. The van der Waals surface area contributed by atoms with Gasteiger partial charge in [0.05, 0.1) is 42.6 Å². The van der Waals surface area contributed by atoms with E-state index in [1.54, 1.807) is 12.4 Å². The molecule has 0 atom stereocenters. The van der Waals surface area contributed by atoms with E-state index in [1.807, 2.05) is 28.9 Å². The average Bonchev–Trinajstić information content (AvgIpc) is 3.45. The van der Waals surface area contributed by atoms with Gasteiger partial charge in [0.1, 0.15) is 0 Å². The van der Waals surface area contributed by atoms with Crippen LogP contribution in [0.1, 0.15) is 15.9 Å². The van der Waals surface area contributed by atoms with E-state index in [0.717, 1.165) is 60.1 Å². The molecule has 1 fully saturated rings. The monoisotopic (exact) mass is 426 g/mol. The number of aromatic nitrogens is 3. The highest BCUT2D eigenvalue weighted by atomic mass is 16.5. The van der Waals surface area contributed by atoms with Crippen LogP contribution in [0, 0.1) is 0 Å². The van der Waals surface area contributed by atoms with E-state index in [-0.39, 0.29) is 5.91 Å². The van der Waals surface area contributed by atoms with Gasteiger partial charge < -0.3 is 20.3 Å². The zero-order valence-corrected chi connectivity index (χ0v) is 17.4. The largest absolute Gasteiger partial charge is 0.378 e. The molecule has 32 heavy (non-hydrogen) atoms. The van der Waals surface area contributed by atoms with E-state index in [0.29, 0.717) is 12.1 Å². The number of nitrogens with one attached hydrogen (secondary N) is 2. The summed E-state index contributed by atoms with van der Waals surface area (Å²) in [5.74, 6) is -0.0650. The van der Waals surface area contributed by atoms with Gasteiger partial charge in [-0.3, -0.25) is 14.2 Å². The summed E-state index contributed by atoms with van der Waals surface area (Å²) in [7, 11) is 0. The van der Waals surface area contributed by atoms with Crippen molar-refractivity contribution in [1.29, 1.82) is 0 Å². The van der Waals surface area contributed by atoms with Crippen LogP contribution in [-0.2, 0) is 11.3 Å². The van der Waals surface area contributed by atoms with E-state index in [4.69, 9.17) is 4.74 Å². The first-order valence-electron chi connectivity index (χ1n) is 10.7. The van der Waals surface area contributed by atoms with Crippen LogP contribution in [0.2, 0.25) is 0 Å². The summed E-state index contributed by atoms with van der Waals surface area (Å²) in [6.45, 7) is 3.82. The van der Waals surface area contributed by atoms with Crippen molar-refractivity contribution >= 4 is 28.6 Å². The van der Waals surface area contributed by atoms with Crippen molar-refractivity contribution in [3.63, 3.8) is 0 Å². The molecule has 0 radical (unpaired) electrons. The third-order valence-electron chi connectivity index (χ3n) is 6.08. The predicted octanol–water partition coefficient (Wildman–Crippen LogP) is 3.22. The zero-order chi connectivity index (χ0) is 21.5. The van der Waals surface area contributed by atoms with Gasteiger partial charge in [-0.1, -0.05) is 6.07 Å². The van der Waals surface area contributed by atoms with Crippen LogP contribution in [-0.4, -0.2) is 46.6 Å². The first kappa shape index (κ1) is 18.8. The Morgan fingerprint density at radius 3 is 2.72 bits per heavy atom. The molecule has 2 aliphatic rings. The number of hydrogen-bond donors (Lipinski definition) is 2. The molecule has 0 bridgehead atoms. The number of benzene rings is 2. The fraction of sp³-hybridized carbons (Fsp3) is 0.208. The maximum Gasteiger partial charge on any atom is 0.254 e. The maximum absolute atomic E-state index is 12.7. The van der Waals surface area contributed by atoms with Gasteiger partial charge in [0, 0.05) is 49.0 Å². The Hall–Kier alpha value is -3.91. The molecule has 0 spiro atoms. The van der Waals surface area contributed by atoms with Crippen molar-refractivity contribution in [2.24, 2.45) is 0 Å². The number of rotatable bonds is 4. The number of fused-ring (bicyclic) bond motifs is 2. The Morgan fingerprint density at radius 1 is 1.03 bits per heavy atom. The normalized spacial score (nSPS) is 15.6. The highest BCUT2D eigenvalue weighted by molar-refractivity contribution is 6.06. The molecule has 2 aromatic carbocycles. The molecule has 4 aromatic rings. The van der Waals surface area contributed by atoms with Crippen molar-refractivity contribution in [1.82, 2.24) is 19.7 Å². The Labute approximate surface area is 184 Å². The molecular formula is C24H22N6O2. The van der Waals surface area contributed by atoms with Crippen LogP contribution >= 0.6 is 0 Å². The molecule has 0 unspecified atom stereocenters. The molecule has 2 aromatic heterocycles. The van der Waals surface area contributed by atoms with Gasteiger partial charge in [-0.25, -0.2) is 4.98 Å². The van der Waals surface area contributed by atoms with Crippen LogP contribution in [0.25, 0.3) is 16.9 Å². The van der Waals surface area contributed by atoms with Crippen LogP contribution in [0.4, 0.5) is 17.1 Å². The second kappa shape index (κ2) is 7.65. The Morgan fingerprint density at radius 2 is 1.88 bits per heavy atom. The molecule has 8 nitrogen and oxygen atoms in total. The van der Waals surface area contributed by atoms with E-state index in [9.17, 15) is 4.79 Å². The van der Waals surface area contributed by atoms with Crippen molar-refractivity contribution in [3.8, 4) is 11.3 Å². The lowest BCUT2D eigenvalue weighted by molar-refractivity contribution is 0.0966. The second-order valence-corrected chi connectivity index (χ2v) is 7.92. The van der Waals surface area contributed by atoms with Crippen LogP contribution in [0.3, 0.4) is 0 Å². The van der Waals surface area contributed by atoms with Gasteiger partial charge in [-0.2, -0.15) is 0 Å². The summed E-state index contributed by atoms with van der Waals surface area (Å²) in [5, 5.41) is 6.41. The topological polar surface area (TPSA) is 83.8 Å². The number of anilines is 3. The minimum Gasteiger partial charge on any atom is -0.378 e. The number of amides is 1. The van der Waals surface area contributed by atoms with Crippen molar-refractivity contribution < 1.29 is 9.53 Å². The quantitative estimate of drug-likeness (QED) is 0.521. The number of carbonyl (C=O) groups excluding carboxylic acids is 1. The number of morpholine rings is 1. The lowest BCUT2D eigenvalue weighted by atomic mass is 9.99. The summed E-state index contributed by atoms with van der Waals surface area (Å²) >= 11 is 0. The summed E-state index contributed by atoms with van der Waals surface area (Å²) in [6, 6.07) is 12.3. The molecule has 160 valence electrons. The zero-order valence-electron chi connectivity index (χ0n) is 17.4. The molecule has 2 N–H and O–H groups in total. The third-order valence-corrected chi connectivity index (χ3v) is 6.08. The summed E-state index contributed by atoms with van der Waals surface area (Å²) < 4.78 is 7.43. The SMILES string of the molecule is O=C1NCc2c(-c3cnc4cnccn34)ccc(Nc3ccc(N4CCOCC4)cc3)c21. The van der Waals surface area contributed by atoms with Gasteiger partial charge in [0.2, 0.25) is 0 Å². The highest BCUT2D eigenvalue weighted by Crippen LogP contribution is 2.35. The Balaban J connectivity index is 1.33. The van der Waals surface area contributed by atoms with Gasteiger partial charge in [0.25, 0.3) is 5.91 Å². The van der Waals surface area contributed by atoms with E-state index >= 15 is 0 Å². The minimum absolute atomic E-state index is 0.0650. The molecule has 4 heterocycles. The first-order valence-corrected chi connectivity index (χ1v) is 10.7. The molecule has 1 saturated heterocycles.